The van der Waals surface area contributed by atoms with Gasteiger partial charge in [0.2, 0.25) is 5.91 Å². The molecule has 1 aromatic carbocycles. The zero-order chi connectivity index (χ0) is 22.1. The second-order valence-corrected chi connectivity index (χ2v) is 8.41. The van der Waals surface area contributed by atoms with E-state index >= 15 is 0 Å². The van der Waals surface area contributed by atoms with Gasteiger partial charge in [0.25, 0.3) is 0 Å². The monoisotopic (exact) mass is 450 g/mol. The SMILES string of the molecule is Cc1c(C)n(Cc2ccco2)c2ncnc(SCC(=O)Nc3ccc4c(c3)OCCO4)c12. The van der Waals surface area contributed by atoms with Crippen LogP contribution in [0.15, 0.2) is 52.4 Å². The molecule has 5 rings (SSSR count). The van der Waals surface area contributed by atoms with E-state index in [1.54, 1.807) is 30.8 Å². The predicted molar refractivity (Wildman–Crippen MR) is 122 cm³/mol. The maximum Gasteiger partial charge on any atom is 0.234 e. The number of carbonyl (C=O) groups is 1. The minimum Gasteiger partial charge on any atom is -0.486 e. The molecule has 0 unspecified atom stereocenters. The molecule has 0 spiro atoms. The fourth-order valence-electron chi connectivity index (χ4n) is 3.75. The van der Waals surface area contributed by atoms with Crippen LogP contribution in [0.25, 0.3) is 11.0 Å². The van der Waals surface area contributed by atoms with Gasteiger partial charge in [-0.1, -0.05) is 11.8 Å². The number of aromatic nitrogens is 3. The highest BCUT2D eigenvalue weighted by molar-refractivity contribution is 8.00. The Morgan fingerprint density at radius 1 is 1.16 bits per heavy atom. The smallest absolute Gasteiger partial charge is 0.234 e. The Hall–Kier alpha value is -3.46. The molecule has 9 heteroatoms. The summed E-state index contributed by atoms with van der Waals surface area (Å²) in [6, 6.07) is 9.21. The maximum atomic E-state index is 12.6. The van der Waals surface area contributed by atoms with Crippen LogP contribution in [-0.4, -0.2) is 39.4 Å². The van der Waals surface area contributed by atoms with Crippen LogP contribution in [0.5, 0.6) is 11.5 Å². The van der Waals surface area contributed by atoms with Crippen molar-refractivity contribution in [3.63, 3.8) is 0 Å². The molecule has 3 aromatic heterocycles. The van der Waals surface area contributed by atoms with Gasteiger partial charge in [-0.05, 0) is 43.7 Å². The molecule has 0 aliphatic carbocycles. The third kappa shape index (κ3) is 3.91. The molecule has 4 heterocycles. The molecular weight excluding hydrogens is 428 g/mol. The molecule has 1 amide bonds. The fourth-order valence-corrected chi connectivity index (χ4v) is 4.60. The van der Waals surface area contributed by atoms with Crippen LogP contribution < -0.4 is 14.8 Å². The number of ether oxygens (including phenoxy) is 2. The van der Waals surface area contributed by atoms with Gasteiger partial charge in [0.05, 0.1) is 23.9 Å². The zero-order valence-corrected chi connectivity index (χ0v) is 18.6. The lowest BCUT2D eigenvalue weighted by atomic mass is 10.2. The van der Waals surface area contributed by atoms with E-state index in [-0.39, 0.29) is 11.7 Å². The molecule has 32 heavy (non-hydrogen) atoms. The Morgan fingerprint density at radius 2 is 2.00 bits per heavy atom. The quantitative estimate of drug-likeness (QED) is 0.348. The van der Waals surface area contributed by atoms with E-state index < -0.39 is 0 Å². The summed E-state index contributed by atoms with van der Waals surface area (Å²) in [6.45, 7) is 5.74. The number of fused-ring (bicyclic) bond motifs is 2. The van der Waals surface area contributed by atoms with E-state index in [1.165, 1.54) is 11.8 Å². The highest BCUT2D eigenvalue weighted by Crippen LogP contribution is 2.34. The van der Waals surface area contributed by atoms with Gasteiger partial charge in [0, 0.05) is 17.4 Å². The average molecular weight is 451 g/mol. The van der Waals surface area contributed by atoms with Gasteiger partial charge in [0.1, 0.15) is 36.0 Å². The minimum absolute atomic E-state index is 0.122. The number of hydrogen-bond acceptors (Lipinski definition) is 7. The van der Waals surface area contributed by atoms with Gasteiger partial charge >= 0.3 is 0 Å². The number of nitrogens with zero attached hydrogens (tertiary/aromatic N) is 3. The minimum atomic E-state index is -0.122. The van der Waals surface area contributed by atoms with Crippen LogP contribution in [0.2, 0.25) is 0 Å². The lowest BCUT2D eigenvalue weighted by molar-refractivity contribution is -0.113. The molecule has 8 nitrogen and oxygen atoms in total. The van der Waals surface area contributed by atoms with E-state index in [1.807, 2.05) is 12.1 Å². The van der Waals surface area contributed by atoms with Crippen molar-refractivity contribution in [2.24, 2.45) is 0 Å². The number of thioether (sulfide) groups is 1. The molecule has 0 saturated carbocycles. The first-order chi connectivity index (χ1) is 15.6. The molecule has 0 radical (unpaired) electrons. The van der Waals surface area contributed by atoms with Crippen molar-refractivity contribution in [3.8, 4) is 11.5 Å². The van der Waals surface area contributed by atoms with Crippen molar-refractivity contribution in [2.45, 2.75) is 25.4 Å². The molecular formula is C23H22N4O4S. The number of hydrogen-bond donors (Lipinski definition) is 1. The molecule has 1 N–H and O–H groups in total. The molecule has 4 aromatic rings. The topological polar surface area (TPSA) is 91.4 Å². The molecule has 1 aliphatic rings. The fraction of sp³-hybridized carbons (Fsp3) is 0.261. The number of furan rings is 1. The number of benzene rings is 1. The largest absolute Gasteiger partial charge is 0.486 e. The number of carbonyl (C=O) groups excluding carboxylic acids is 1. The second-order valence-electron chi connectivity index (χ2n) is 7.45. The summed E-state index contributed by atoms with van der Waals surface area (Å²) >= 11 is 1.39. The molecule has 0 saturated heterocycles. The maximum absolute atomic E-state index is 12.6. The lowest BCUT2D eigenvalue weighted by Gasteiger charge is -2.19. The van der Waals surface area contributed by atoms with Gasteiger partial charge in [-0.3, -0.25) is 4.79 Å². The first-order valence-corrected chi connectivity index (χ1v) is 11.2. The van der Waals surface area contributed by atoms with Crippen molar-refractivity contribution in [2.75, 3.05) is 24.3 Å². The van der Waals surface area contributed by atoms with Crippen molar-refractivity contribution in [3.05, 3.63) is 59.9 Å². The third-order valence-electron chi connectivity index (χ3n) is 5.43. The summed E-state index contributed by atoms with van der Waals surface area (Å²) in [7, 11) is 0. The number of aryl methyl sites for hydroxylation is 1. The molecule has 1 aliphatic heterocycles. The Labute approximate surface area is 188 Å². The first kappa shape index (κ1) is 20.4. The molecule has 0 atom stereocenters. The molecule has 0 bridgehead atoms. The van der Waals surface area contributed by atoms with E-state index in [0.29, 0.717) is 36.9 Å². The normalized spacial score (nSPS) is 12.8. The van der Waals surface area contributed by atoms with Gasteiger partial charge in [-0.2, -0.15) is 0 Å². The number of nitrogens with one attached hydrogen (secondary N) is 1. The highest BCUT2D eigenvalue weighted by Gasteiger charge is 2.19. The van der Waals surface area contributed by atoms with Crippen molar-refractivity contribution < 1.29 is 18.7 Å². The van der Waals surface area contributed by atoms with Crippen LogP contribution >= 0.6 is 11.8 Å². The zero-order valence-electron chi connectivity index (χ0n) is 17.8. The summed E-state index contributed by atoms with van der Waals surface area (Å²) < 4.78 is 18.7. The molecule has 0 fully saturated rings. The van der Waals surface area contributed by atoms with E-state index in [4.69, 9.17) is 13.9 Å². The standard InChI is InChI=1S/C23H22N4O4S/c1-14-15(2)27(11-17-4-3-7-29-17)22-21(14)23(25-13-24-22)32-12-20(28)26-16-5-6-18-19(10-16)31-9-8-30-18/h3-7,10,13H,8-9,11-12H2,1-2H3,(H,26,28). The summed E-state index contributed by atoms with van der Waals surface area (Å²) in [5.41, 5.74) is 3.70. The van der Waals surface area contributed by atoms with Crippen LogP contribution in [0, 0.1) is 13.8 Å². The summed E-state index contributed by atoms with van der Waals surface area (Å²) in [6.07, 6.45) is 3.21. The predicted octanol–water partition coefficient (Wildman–Crippen LogP) is 4.19. The summed E-state index contributed by atoms with van der Waals surface area (Å²) in [5, 5.41) is 4.66. The third-order valence-corrected chi connectivity index (χ3v) is 6.42. The van der Waals surface area contributed by atoms with E-state index in [2.05, 4.69) is 33.7 Å². The van der Waals surface area contributed by atoms with Crippen LogP contribution in [-0.2, 0) is 11.3 Å². The van der Waals surface area contributed by atoms with Gasteiger partial charge in [0.15, 0.2) is 11.5 Å². The summed E-state index contributed by atoms with van der Waals surface area (Å²) in [4.78, 5) is 21.6. The van der Waals surface area contributed by atoms with E-state index in [0.717, 1.165) is 33.1 Å². The number of rotatable bonds is 6. The van der Waals surface area contributed by atoms with Crippen LogP contribution in [0.3, 0.4) is 0 Å². The van der Waals surface area contributed by atoms with Crippen molar-refractivity contribution in [1.82, 2.24) is 14.5 Å². The van der Waals surface area contributed by atoms with Crippen molar-refractivity contribution in [1.29, 1.82) is 0 Å². The number of anilines is 1. The molecule has 164 valence electrons. The van der Waals surface area contributed by atoms with Gasteiger partial charge in [-0.15, -0.1) is 0 Å². The Bertz CT molecular complexity index is 1280. The van der Waals surface area contributed by atoms with Crippen LogP contribution in [0.4, 0.5) is 5.69 Å². The first-order valence-electron chi connectivity index (χ1n) is 10.2. The summed E-state index contributed by atoms with van der Waals surface area (Å²) in [5.74, 6) is 2.29. The average Bonchev–Trinajstić information content (AvgIpc) is 3.41. The van der Waals surface area contributed by atoms with Gasteiger partial charge in [-0.25, -0.2) is 9.97 Å². The Balaban J connectivity index is 1.32. The Kier molecular flexibility index (Phi) is 5.48. The van der Waals surface area contributed by atoms with Crippen LogP contribution in [0.1, 0.15) is 17.0 Å². The Morgan fingerprint density at radius 3 is 2.81 bits per heavy atom. The highest BCUT2D eigenvalue weighted by atomic mass is 32.2. The van der Waals surface area contributed by atoms with E-state index in [9.17, 15) is 4.79 Å². The lowest BCUT2D eigenvalue weighted by Crippen LogP contribution is -2.17. The second kappa shape index (κ2) is 8.58. The number of amides is 1. The van der Waals surface area contributed by atoms with Gasteiger partial charge < -0.3 is 23.8 Å². The van der Waals surface area contributed by atoms with Crippen molar-refractivity contribution >= 4 is 34.4 Å².